The van der Waals surface area contributed by atoms with E-state index < -0.39 is 0 Å². The zero-order chi connectivity index (χ0) is 17.9. The molecule has 0 saturated carbocycles. The van der Waals surface area contributed by atoms with Gasteiger partial charge in [0.25, 0.3) is 5.91 Å². The molecule has 1 amide bonds. The normalized spacial score (nSPS) is 11.7. The number of aromatic nitrogens is 1. The number of amides is 1. The first-order valence-corrected chi connectivity index (χ1v) is 8.66. The van der Waals surface area contributed by atoms with E-state index in [1.165, 1.54) is 6.26 Å². The molecule has 5 nitrogen and oxygen atoms in total. The van der Waals surface area contributed by atoms with Crippen LogP contribution < -0.4 is 5.32 Å². The summed E-state index contributed by atoms with van der Waals surface area (Å²) in [7, 11) is 0. The second-order valence-corrected chi connectivity index (χ2v) is 6.44. The number of fused-ring (bicyclic) bond motifs is 1. The highest BCUT2D eigenvalue weighted by Gasteiger charge is 2.16. The smallest absolute Gasteiger partial charge is 0.291 e. The zero-order valence-electron chi connectivity index (χ0n) is 13.5. The molecule has 2 aromatic heterocycles. The van der Waals surface area contributed by atoms with Gasteiger partial charge < -0.3 is 14.2 Å². The van der Waals surface area contributed by atoms with Crippen LogP contribution >= 0.6 is 15.9 Å². The number of para-hydroxylation sites is 2. The minimum atomic E-state index is -0.374. The van der Waals surface area contributed by atoms with Gasteiger partial charge in [-0.15, -0.1) is 0 Å². The molecule has 0 unspecified atom stereocenters. The van der Waals surface area contributed by atoms with Crippen LogP contribution in [0.2, 0.25) is 0 Å². The maximum Gasteiger partial charge on any atom is 0.291 e. The van der Waals surface area contributed by atoms with Crippen molar-refractivity contribution >= 4 is 44.7 Å². The van der Waals surface area contributed by atoms with Crippen molar-refractivity contribution in [1.82, 2.24) is 10.3 Å². The van der Waals surface area contributed by atoms with Gasteiger partial charge in [0.1, 0.15) is 11.2 Å². The van der Waals surface area contributed by atoms with Crippen molar-refractivity contribution in [3.63, 3.8) is 0 Å². The molecule has 0 fully saturated rings. The number of hydrogen-bond acceptors (Lipinski definition) is 4. The first-order valence-electron chi connectivity index (χ1n) is 7.87. The molecule has 4 rings (SSSR count). The van der Waals surface area contributed by atoms with Crippen molar-refractivity contribution in [3.8, 4) is 0 Å². The molecule has 2 aromatic carbocycles. The lowest BCUT2D eigenvalue weighted by Crippen LogP contribution is -2.21. The zero-order valence-corrected chi connectivity index (χ0v) is 15.1. The second kappa shape index (κ2) is 7.01. The number of carbonyl (C=O) groups excluding carboxylic acids is 1. The van der Waals surface area contributed by atoms with E-state index in [2.05, 4.69) is 26.2 Å². The lowest BCUT2D eigenvalue weighted by Gasteiger charge is -2.06. The number of oxazole rings is 1. The van der Waals surface area contributed by atoms with Crippen LogP contribution in [0.15, 0.2) is 80.2 Å². The van der Waals surface area contributed by atoms with E-state index in [0.29, 0.717) is 17.2 Å². The molecule has 0 aliphatic heterocycles. The van der Waals surface area contributed by atoms with Crippen molar-refractivity contribution in [1.29, 1.82) is 0 Å². The Bertz CT molecular complexity index is 1050. The summed E-state index contributed by atoms with van der Waals surface area (Å²) < 4.78 is 11.9. The Labute approximate surface area is 157 Å². The Hall–Kier alpha value is -3.12. The molecule has 0 aliphatic rings. The molecule has 0 saturated heterocycles. The predicted octanol–water partition coefficient (Wildman–Crippen LogP) is 5.11. The number of rotatable bonds is 4. The average molecular weight is 409 g/mol. The van der Waals surface area contributed by atoms with E-state index in [-0.39, 0.29) is 11.7 Å². The summed E-state index contributed by atoms with van der Waals surface area (Å²) >= 11 is 3.41. The van der Waals surface area contributed by atoms with Gasteiger partial charge in [-0.25, -0.2) is 4.98 Å². The van der Waals surface area contributed by atoms with Crippen molar-refractivity contribution in [3.05, 3.63) is 88.6 Å². The van der Waals surface area contributed by atoms with Crippen molar-refractivity contribution in [2.75, 3.05) is 0 Å². The summed E-state index contributed by atoms with van der Waals surface area (Å²) in [6.07, 6.45) is 3.25. The van der Waals surface area contributed by atoms with Gasteiger partial charge in [0.2, 0.25) is 5.89 Å². The number of furan rings is 1. The lowest BCUT2D eigenvalue weighted by molar-refractivity contribution is 0.0946. The van der Waals surface area contributed by atoms with Gasteiger partial charge in [-0.05, 0) is 48.0 Å². The molecule has 0 bridgehead atoms. The molecule has 4 aromatic rings. The van der Waals surface area contributed by atoms with Crippen LogP contribution in [0.3, 0.4) is 0 Å². The van der Waals surface area contributed by atoms with Crippen LogP contribution in [-0.4, -0.2) is 10.9 Å². The molecule has 0 radical (unpaired) electrons. The Morgan fingerprint density at radius 1 is 1.04 bits per heavy atom. The molecule has 1 N–H and O–H groups in total. The minimum Gasteiger partial charge on any atom is -0.459 e. The Kier molecular flexibility index (Phi) is 4.41. The van der Waals surface area contributed by atoms with E-state index in [1.54, 1.807) is 18.2 Å². The van der Waals surface area contributed by atoms with Gasteiger partial charge in [0.15, 0.2) is 11.3 Å². The minimum absolute atomic E-state index is 0.211. The fraction of sp³-hybridized carbons (Fsp3) is 0. The number of carbonyl (C=O) groups is 1. The van der Waals surface area contributed by atoms with E-state index in [9.17, 15) is 4.79 Å². The molecule has 2 heterocycles. The quantitative estimate of drug-likeness (QED) is 0.509. The molecule has 0 atom stereocenters. The maximum absolute atomic E-state index is 12.4. The van der Waals surface area contributed by atoms with E-state index in [4.69, 9.17) is 8.83 Å². The SMILES string of the molecule is O=C(N/C(=C\c1ccc(Br)cc1)c1nc2ccccc2o1)c1ccco1. The Balaban J connectivity index is 1.75. The number of halogens is 1. The highest BCUT2D eigenvalue weighted by atomic mass is 79.9. The largest absolute Gasteiger partial charge is 0.459 e. The first kappa shape index (κ1) is 16.4. The summed E-state index contributed by atoms with van der Waals surface area (Å²) in [6.45, 7) is 0. The Morgan fingerprint density at radius 3 is 2.58 bits per heavy atom. The molecule has 6 heteroatoms. The molecule has 0 aliphatic carbocycles. The van der Waals surface area contributed by atoms with Crippen LogP contribution in [0, 0.1) is 0 Å². The fourth-order valence-electron chi connectivity index (χ4n) is 2.46. The second-order valence-electron chi connectivity index (χ2n) is 5.53. The van der Waals surface area contributed by atoms with Crippen molar-refractivity contribution in [2.45, 2.75) is 0 Å². The topological polar surface area (TPSA) is 68.3 Å². The van der Waals surface area contributed by atoms with Gasteiger partial charge in [0, 0.05) is 4.47 Å². The molecule has 0 spiro atoms. The summed E-state index contributed by atoms with van der Waals surface area (Å²) in [5.74, 6) is 0.164. The van der Waals surface area contributed by atoms with Gasteiger partial charge >= 0.3 is 0 Å². The van der Waals surface area contributed by atoms with Crippen molar-refractivity contribution < 1.29 is 13.6 Å². The number of nitrogens with zero attached hydrogens (tertiary/aromatic N) is 1. The number of hydrogen-bond donors (Lipinski definition) is 1. The molecular formula is C20H13BrN2O3. The maximum atomic E-state index is 12.4. The Morgan fingerprint density at radius 2 is 1.85 bits per heavy atom. The van der Waals surface area contributed by atoms with E-state index in [0.717, 1.165) is 15.6 Å². The third-order valence-electron chi connectivity index (χ3n) is 3.70. The van der Waals surface area contributed by atoms with Crippen LogP contribution in [0.25, 0.3) is 22.9 Å². The number of benzene rings is 2. The molecule has 26 heavy (non-hydrogen) atoms. The van der Waals surface area contributed by atoms with Gasteiger partial charge in [-0.3, -0.25) is 4.79 Å². The summed E-state index contributed by atoms with van der Waals surface area (Å²) in [5, 5.41) is 2.82. The average Bonchev–Trinajstić information content (AvgIpc) is 3.32. The van der Waals surface area contributed by atoms with Crippen molar-refractivity contribution in [2.24, 2.45) is 0 Å². The third-order valence-corrected chi connectivity index (χ3v) is 4.23. The van der Waals surface area contributed by atoms with Gasteiger partial charge in [-0.1, -0.05) is 40.2 Å². The fourth-order valence-corrected chi connectivity index (χ4v) is 2.72. The first-order chi connectivity index (χ1) is 12.7. The summed E-state index contributed by atoms with van der Waals surface area (Å²) in [5.41, 5.74) is 2.71. The highest BCUT2D eigenvalue weighted by Crippen LogP contribution is 2.22. The van der Waals surface area contributed by atoms with Crippen LogP contribution in [-0.2, 0) is 0 Å². The summed E-state index contributed by atoms with van der Waals surface area (Å²) in [6, 6.07) is 18.4. The van der Waals surface area contributed by atoms with E-state index >= 15 is 0 Å². The highest BCUT2D eigenvalue weighted by molar-refractivity contribution is 9.10. The van der Waals surface area contributed by atoms with Crippen LogP contribution in [0.1, 0.15) is 22.0 Å². The van der Waals surface area contributed by atoms with Gasteiger partial charge in [0.05, 0.1) is 6.26 Å². The molecular weight excluding hydrogens is 396 g/mol. The standard InChI is InChI=1S/C20H13BrN2O3/c21-14-9-7-13(8-10-14)12-16(22-19(24)18-6-3-11-25-18)20-23-15-4-1-2-5-17(15)26-20/h1-12H,(H,22,24)/b16-12-. The molecule has 128 valence electrons. The number of nitrogens with one attached hydrogen (secondary N) is 1. The van der Waals surface area contributed by atoms with E-state index in [1.807, 2.05) is 48.5 Å². The monoisotopic (exact) mass is 408 g/mol. The predicted molar refractivity (Wildman–Crippen MR) is 102 cm³/mol. The van der Waals surface area contributed by atoms with Crippen LogP contribution in [0.4, 0.5) is 0 Å². The van der Waals surface area contributed by atoms with Gasteiger partial charge in [-0.2, -0.15) is 0 Å². The lowest BCUT2D eigenvalue weighted by atomic mass is 10.2. The van der Waals surface area contributed by atoms with Crippen LogP contribution in [0.5, 0.6) is 0 Å². The third kappa shape index (κ3) is 3.45. The summed E-state index contributed by atoms with van der Waals surface area (Å²) in [4.78, 5) is 16.9.